The molecule has 3 N–H and O–H groups in total. The number of ether oxygens (including phenoxy) is 2. The van der Waals surface area contributed by atoms with Crippen molar-refractivity contribution in [3.05, 3.63) is 79.0 Å². The smallest absolute Gasteiger partial charge is 0.415 e. The zero-order valence-corrected chi connectivity index (χ0v) is 25.1. The summed E-state index contributed by atoms with van der Waals surface area (Å²) in [5, 5.41) is 2.80. The van der Waals surface area contributed by atoms with Gasteiger partial charge in [0.05, 0.1) is 47.3 Å². The lowest BCUT2D eigenvalue weighted by Gasteiger charge is -2.22. The first-order valence-corrected chi connectivity index (χ1v) is 14.3. The van der Waals surface area contributed by atoms with Crippen molar-refractivity contribution in [2.45, 2.75) is 65.1 Å². The average Bonchev–Trinajstić information content (AvgIpc) is 3.72. The highest BCUT2D eigenvalue weighted by atomic mass is 16.6. The van der Waals surface area contributed by atoms with Crippen LogP contribution in [0.15, 0.2) is 67.3 Å². The molecule has 1 saturated heterocycles. The number of imidazole rings is 2. The third-order valence-electron chi connectivity index (χ3n) is 6.96. The second kappa shape index (κ2) is 12.1. The van der Waals surface area contributed by atoms with E-state index in [2.05, 4.69) is 36.8 Å². The second-order valence-corrected chi connectivity index (χ2v) is 11.7. The molecule has 2 amide bonds. The molecule has 224 valence electrons. The van der Waals surface area contributed by atoms with Crippen molar-refractivity contribution in [3.8, 4) is 33.8 Å². The van der Waals surface area contributed by atoms with Gasteiger partial charge < -0.3 is 24.8 Å². The minimum Gasteiger partial charge on any atom is -0.444 e. The number of benzene rings is 1. The van der Waals surface area contributed by atoms with Crippen molar-refractivity contribution in [2.24, 2.45) is 0 Å². The molecule has 3 aromatic heterocycles. The van der Waals surface area contributed by atoms with E-state index >= 15 is 0 Å². The average molecular weight is 584 g/mol. The van der Waals surface area contributed by atoms with Crippen LogP contribution in [0, 0.1) is 0 Å². The fourth-order valence-electron chi connectivity index (χ4n) is 4.93. The van der Waals surface area contributed by atoms with E-state index in [1.807, 2.05) is 70.3 Å². The minimum atomic E-state index is -0.571. The van der Waals surface area contributed by atoms with Crippen molar-refractivity contribution in [1.82, 2.24) is 35.1 Å². The Balaban J connectivity index is 1.23. The van der Waals surface area contributed by atoms with E-state index in [0.717, 1.165) is 52.4 Å². The largest absolute Gasteiger partial charge is 0.444 e. The van der Waals surface area contributed by atoms with Crippen molar-refractivity contribution in [1.29, 1.82) is 0 Å². The molecule has 2 atom stereocenters. The summed E-state index contributed by atoms with van der Waals surface area (Å²) in [5.41, 5.74) is 4.76. The van der Waals surface area contributed by atoms with Crippen molar-refractivity contribution in [3.63, 3.8) is 0 Å². The molecule has 43 heavy (non-hydrogen) atoms. The molecule has 0 bridgehead atoms. The maximum absolute atomic E-state index is 12.5. The Morgan fingerprint density at radius 3 is 2.33 bits per heavy atom. The van der Waals surface area contributed by atoms with Crippen molar-refractivity contribution >= 4 is 12.2 Å². The van der Waals surface area contributed by atoms with Gasteiger partial charge in [0, 0.05) is 23.9 Å². The molecule has 0 aliphatic carbocycles. The molecule has 1 aliphatic heterocycles. The number of carbonyl (C=O) groups excluding carboxylic acids is 2. The number of aromatic amines is 2. The summed E-state index contributed by atoms with van der Waals surface area (Å²) in [5.74, 6) is 1.73. The molecule has 0 radical (unpaired) electrons. The van der Waals surface area contributed by atoms with Gasteiger partial charge in [-0.25, -0.2) is 19.6 Å². The van der Waals surface area contributed by atoms with Crippen molar-refractivity contribution in [2.75, 3.05) is 6.54 Å². The maximum atomic E-state index is 12.5. The summed E-state index contributed by atoms with van der Waals surface area (Å²) >= 11 is 0. The number of likely N-dealkylation sites (tertiary alicyclic amines) is 1. The van der Waals surface area contributed by atoms with Gasteiger partial charge >= 0.3 is 12.2 Å². The highest BCUT2D eigenvalue weighted by Crippen LogP contribution is 2.32. The number of rotatable bonds is 7. The quantitative estimate of drug-likeness (QED) is 0.201. The number of nitrogens with zero attached hydrogens (tertiary/aromatic N) is 4. The van der Waals surface area contributed by atoms with Gasteiger partial charge in [-0.3, -0.25) is 9.88 Å². The third-order valence-corrected chi connectivity index (χ3v) is 6.96. The summed E-state index contributed by atoms with van der Waals surface area (Å²) in [6.07, 6.45) is 6.13. The Labute approximate surface area is 250 Å². The van der Waals surface area contributed by atoms with Crippen LogP contribution in [0.1, 0.15) is 71.2 Å². The van der Waals surface area contributed by atoms with Crippen LogP contribution in [-0.2, 0) is 9.47 Å². The molecule has 1 aliphatic rings. The number of allylic oxidation sites excluding steroid dienone is 1. The van der Waals surface area contributed by atoms with Crippen LogP contribution in [0.2, 0.25) is 0 Å². The number of amides is 2. The zero-order valence-electron chi connectivity index (χ0n) is 25.1. The van der Waals surface area contributed by atoms with Crippen LogP contribution in [0.4, 0.5) is 9.59 Å². The van der Waals surface area contributed by atoms with E-state index in [1.165, 1.54) is 0 Å². The molecule has 11 heteroatoms. The normalized spacial score (nSPS) is 15.7. The number of hydrogen-bond donors (Lipinski definition) is 3. The van der Waals surface area contributed by atoms with Crippen LogP contribution in [-0.4, -0.2) is 54.2 Å². The molecule has 0 spiro atoms. The lowest BCUT2D eigenvalue weighted by Crippen LogP contribution is -2.34. The van der Waals surface area contributed by atoms with Gasteiger partial charge in [0.1, 0.15) is 17.2 Å². The van der Waals surface area contributed by atoms with Gasteiger partial charge in [0.15, 0.2) is 0 Å². The fraction of sp³-hybridized carbons (Fsp3) is 0.344. The molecule has 1 fully saturated rings. The maximum Gasteiger partial charge on any atom is 0.415 e. The highest BCUT2D eigenvalue weighted by molar-refractivity contribution is 5.71. The van der Waals surface area contributed by atoms with E-state index < -0.39 is 17.8 Å². The fourth-order valence-corrected chi connectivity index (χ4v) is 4.93. The molecule has 1 aromatic carbocycles. The van der Waals surface area contributed by atoms with Crippen LogP contribution in [0.5, 0.6) is 0 Å². The standard InChI is InChI=1S/C32H37N7O4/c1-19(2)42-31(41)39-15-7-8-27(39)29-35-18-26(38-29)23-13-14-24(33-16-23)21-9-11-22(12-10-21)25-17-34-28(37-25)20(3)36-30(40)43-32(4,5)6/h9-14,16-18,20,27H,1,7-8,15H2,2-6H3,(H,34,37)(H,35,38)(H,36,40)/t20-,27-/m0/s1. The highest BCUT2D eigenvalue weighted by Gasteiger charge is 2.33. The van der Waals surface area contributed by atoms with Gasteiger partial charge in [-0.15, -0.1) is 0 Å². The van der Waals surface area contributed by atoms with Crippen molar-refractivity contribution < 1.29 is 19.1 Å². The zero-order chi connectivity index (χ0) is 30.7. The lowest BCUT2D eigenvalue weighted by molar-refractivity contribution is 0.0506. The lowest BCUT2D eigenvalue weighted by atomic mass is 10.1. The molecular formula is C32H37N7O4. The van der Waals surface area contributed by atoms with Gasteiger partial charge in [-0.05, 0) is 65.2 Å². The van der Waals surface area contributed by atoms with Crippen LogP contribution in [0.3, 0.4) is 0 Å². The number of aromatic nitrogens is 5. The predicted molar refractivity (Wildman–Crippen MR) is 163 cm³/mol. The Kier molecular flexibility index (Phi) is 8.33. The second-order valence-electron chi connectivity index (χ2n) is 11.7. The summed E-state index contributed by atoms with van der Waals surface area (Å²) < 4.78 is 10.6. The van der Waals surface area contributed by atoms with Crippen LogP contribution >= 0.6 is 0 Å². The topological polar surface area (TPSA) is 138 Å². The number of nitrogens with one attached hydrogen (secondary N) is 3. The van der Waals surface area contributed by atoms with E-state index in [4.69, 9.17) is 9.47 Å². The molecule has 4 heterocycles. The minimum absolute atomic E-state index is 0.165. The van der Waals surface area contributed by atoms with E-state index in [-0.39, 0.29) is 12.1 Å². The monoisotopic (exact) mass is 583 g/mol. The molecular weight excluding hydrogens is 546 g/mol. The summed E-state index contributed by atoms with van der Waals surface area (Å²) in [7, 11) is 0. The SMILES string of the molecule is C=C(C)OC(=O)N1CCC[C@H]1c1ncc(-c2ccc(-c3ccc(-c4cnc([C@H](C)NC(=O)OC(C)(C)C)[nH]4)cc3)nc2)[nH]1. The van der Waals surface area contributed by atoms with E-state index in [9.17, 15) is 9.59 Å². The summed E-state index contributed by atoms with van der Waals surface area (Å²) in [6.45, 7) is 13.2. The first-order valence-electron chi connectivity index (χ1n) is 14.3. The summed E-state index contributed by atoms with van der Waals surface area (Å²) in [4.78, 5) is 46.6. The van der Waals surface area contributed by atoms with Crippen LogP contribution < -0.4 is 5.32 Å². The van der Waals surface area contributed by atoms with E-state index in [0.29, 0.717) is 18.1 Å². The number of carbonyl (C=O) groups is 2. The van der Waals surface area contributed by atoms with Gasteiger partial charge in [-0.1, -0.05) is 30.8 Å². The molecule has 11 nitrogen and oxygen atoms in total. The number of H-pyrrole nitrogens is 2. The van der Waals surface area contributed by atoms with Gasteiger partial charge in [-0.2, -0.15) is 0 Å². The first-order chi connectivity index (χ1) is 20.5. The first kappa shape index (κ1) is 29.6. The Morgan fingerprint density at radius 2 is 1.65 bits per heavy atom. The number of alkyl carbamates (subject to hydrolysis) is 1. The molecule has 5 rings (SSSR count). The molecule has 0 unspecified atom stereocenters. The Hall–Kier alpha value is -4.93. The molecule has 4 aromatic rings. The number of hydrogen-bond acceptors (Lipinski definition) is 7. The summed E-state index contributed by atoms with van der Waals surface area (Å²) in [6, 6.07) is 11.5. The third kappa shape index (κ3) is 7.11. The Bertz CT molecular complexity index is 1600. The van der Waals surface area contributed by atoms with Gasteiger partial charge in [0.25, 0.3) is 0 Å². The Morgan fingerprint density at radius 1 is 0.977 bits per heavy atom. The number of pyridine rings is 1. The predicted octanol–water partition coefficient (Wildman–Crippen LogP) is 6.92. The van der Waals surface area contributed by atoms with E-state index in [1.54, 1.807) is 24.2 Å². The van der Waals surface area contributed by atoms with Crippen LogP contribution in [0.25, 0.3) is 33.8 Å². The van der Waals surface area contributed by atoms with Gasteiger partial charge in [0.2, 0.25) is 0 Å². The molecule has 0 saturated carbocycles.